The molecule has 1 aliphatic carbocycles. The number of rotatable bonds is 11. The largest absolute Gasteiger partial charge is 0.385 e. The molecule has 30 heavy (non-hydrogen) atoms. The van der Waals surface area contributed by atoms with Gasteiger partial charge in [0, 0.05) is 43.8 Å². The fraction of sp³-hybridized carbons (Fsp3) is 0.760. The van der Waals surface area contributed by atoms with Gasteiger partial charge in [0.2, 0.25) is 0 Å². The third-order valence-electron chi connectivity index (χ3n) is 7.27. The highest BCUT2D eigenvalue weighted by molar-refractivity contribution is 6.30. The van der Waals surface area contributed by atoms with Crippen LogP contribution in [0.2, 0.25) is 5.02 Å². The van der Waals surface area contributed by atoms with E-state index in [1.165, 1.54) is 25.7 Å². The average molecular weight is 437 g/mol. The van der Waals surface area contributed by atoms with E-state index >= 15 is 0 Å². The molecule has 5 heteroatoms. The molecule has 4 nitrogen and oxygen atoms in total. The summed E-state index contributed by atoms with van der Waals surface area (Å²) >= 11 is 6.29. The van der Waals surface area contributed by atoms with Crippen LogP contribution in [-0.2, 0) is 10.3 Å². The maximum absolute atomic E-state index is 12.0. The first-order valence-electron chi connectivity index (χ1n) is 12.0. The first kappa shape index (κ1) is 24.0. The molecule has 1 aromatic rings. The topological polar surface area (TPSA) is 58.7 Å². The lowest BCUT2D eigenvalue weighted by molar-refractivity contribution is -0.0627. The van der Waals surface area contributed by atoms with Crippen molar-refractivity contribution >= 4 is 11.6 Å². The van der Waals surface area contributed by atoms with E-state index in [1.807, 2.05) is 24.3 Å². The van der Waals surface area contributed by atoms with Gasteiger partial charge >= 0.3 is 0 Å². The molecule has 0 unspecified atom stereocenters. The van der Waals surface area contributed by atoms with Gasteiger partial charge in [0.15, 0.2) is 0 Å². The smallest absolute Gasteiger partial charge is 0.0937 e. The summed E-state index contributed by atoms with van der Waals surface area (Å²) in [5, 5.41) is 12.6. The fourth-order valence-corrected chi connectivity index (χ4v) is 5.86. The average Bonchev–Trinajstić information content (AvgIpc) is 3.24. The summed E-state index contributed by atoms with van der Waals surface area (Å²) in [5.74, 6) is 1.02. The number of unbranched alkanes of at least 4 members (excludes halogenated alkanes) is 1. The van der Waals surface area contributed by atoms with Crippen LogP contribution >= 0.6 is 11.6 Å². The number of benzene rings is 1. The van der Waals surface area contributed by atoms with Gasteiger partial charge in [-0.05, 0) is 68.7 Å². The molecule has 1 aromatic carbocycles. The molecule has 1 saturated heterocycles. The van der Waals surface area contributed by atoms with Gasteiger partial charge in [-0.15, -0.1) is 0 Å². The van der Waals surface area contributed by atoms with Gasteiger partial charge in [0.25, 0.3) is 0 Å². The molecule has 0 spiro atoms. The minimum Gasteiger partial charge on any atom is -0.385 e. The Kier molecular flexibility index (Phi) is 9.46. The Morgan fingerprint density at radius 2 is 2.03 bits per heavy atom. The number of nitrogens with zero attached hydrogens (tertiary/aromatic N) is 1. The lowest BCUT2D eigenvalue weighted by atomic mass is 9.74. The minimum atomic E-state index is -0.854. The van der Waals surface area contributed by atoms with Crippen molar-refractivity contribution in [2.75, 3.05) is 33.4 Å². The second-order valence-electron chi connectivity index (χ2n) is 9.63. The molecule has 170 valence electrons. The van der Waals surface area contributed by atoms with E-state index in [2.05, 4.69) is 4.90 Å². The quantitative estimate of drug-likeness (QED) is 0.481. The molecule has 3 rings (SSSR count). The van der Waals surface area contributed by atoms with Crippen molar-refractivity contribution in [1.29, 1.82) is 0 Å². The highest BCUT2D eigenvalue weighted by Gasteiger charge is 2.40. The number of likely N-dealkylation sites (tertiary alicyclic amines) is 1. The summed E-state index contributed by atoms with van der Waals surface area (Å²) in [6, 6.07) is 8.06. The van der Waals surface area contributed by atoms with Gasteiger partial charge in [-0.2, -0.15) is 0 Å². The first-order valence-corrected chi connectivity index (χ1v) is 12.3. The summed E-state index contributed by atoms with van der Waals surface area (Å²) in [5.41, 5.74) is 6.65. The summed E-state index contributed by atoms with van der Waals surface area (Å²) < 4.78 is 5.22. The number of nitrogens with two attached hydrogens (primary N) is 1. The monoisotopic (exact) mass is 436 g/mol. The molecule has 0 radical (unpaired) electrons. The standard InChI is InChI=1S/C25H41ClN2O2/c1-30-15-5-4-13-25(29,21-10-6-12-23(26)17-21)22-11-7-14-28(18-22)19-24(27)16-20-8-2-3-9-20/h6,10,12,17,20,22,24,29H,2-5,7-9,11,13-16,18-19,27H2,1H3/t22-,24+,25-/m1/s1. The van der Waals surface area contributed by atoms with Crippen LogP contribution in [0, 0.1) is 11.8 Å². The lowest BCUT2D eigenvalue weighted by Crippen LogP contribution is -2.49. The fourth-order valence-electron chi connectivity index (χ4n) is 5.67. The Balaban J connectivity index is 1.65. The van der Waals surface area contributed by atoms with E-state index in [-0.39, 0.29) is 12.0 Å². The molecular formula is C25H41ClN2O2. The van der Waals surface area contributed by atoms with Crippen molar-refractivity contribution in [3.63, 3.8) is 0 Å². The van der Waals surface area contributed by atoms with E-state index in [0.717, 1.165) is 76.2 Å². The number of piperidine rings is 1. The predicted octanol–water partition coefficient (Wildman–Crippen LogP) is 4.96. The minimum absolute atomic E-state index is 0.200. The number of halogens is 1. The Morgan fingerprint density at radius 3 is 2.77 bits per heavy atom. The molecule has 2 aliphatic rings. The van der Waals surface area contributed by atoms with Crippen LogP contribution in [0.3, 0.4) is 0 Å². The van der Waals surface area contributed by atoms with Gasteiger partial charge < -0.3 is 20.5 Å². The molecule has 3 N–H and O–H groups in total. The van der Waals surface area contributed by atoms with E-state index in [4.69, 9.17) is 22.1 Å². The van der Waals surface area contributed by atoms with Crippen molar-refractivity contribution in [3.8, 4) is 0 Å². The highest BCUT2D eigenvalue weighted by Crippen LogP contribution is 2.40. The molecule has 1 saturated carbocycles. The van der Waals surface area contributed by atoms with E-state index in [9.17, 15) is 5.11 Å². The second kappa shape index (κ2) is 11.8. The zero-order chi connectivity index (χ0) is 21.4. The van der Waals surface area contributed by atoms with Crippen LogP contribution in [0.25, 0.3) is 0 Å². The van der Waals surface area contributed by atoms with Crippen LogP contribution in [0.1, 0.15) is 69.8 Å². The Labute approximate surface area is 188 Å². The van der Waals surface area contributed by atoms with Crippen LogP contribution in [0.15, 0.2) is 24.3 Å². The molecule has 0 aromatic heterocycles. The van der Waals surface area contributed by atoms with Crippen LogP contribution in [0.4, 0.5) is 0 Å². The van der Waals surface area contributed by atoms with Crippen molar-refractivity contribution in [3.05, 3.63) is 34.9 Å². The Hall–Kier alpha value is -0.650. The number of ether oxygens (including phenoxy) is 1. The number of methoxy groups -OCH3 is 1. The van der Waals surface area contributed by atoms with Crippen molar-refractivity contribution in [2.45, 2.75) is 75.9 Å². The van der Waals surface area contributed by atoms with E-state index in [0.29, 0.717) is 5.02 Å². The van der Waals surface area contributed by atoms with Crippen LogP contribution in [0.5, 0.6) is 0 Å². The first-order chi connectivity index (χ1) is 14.5. The molecule has 3 atom stereocenters. The van der Waals surface area contributed by atoms with Crippen molar-refractivity contribution < 1.29 is 9.84 Å². The van der Waals surface area contributed by atoms with Gasteiger partial charge in [0.05, 0.1) is 5.60 Å². The van der Waals surface area contributed by atoms with Gasteiger partial charge in [-0.3, -0.25) is 0 Å². The van der Waals surface area contributed by atoms with Crippen LogP contribution < -0.4 is 5.73 Å². The van der Waals surface area contributed by atoms with Gasteiger partial charge in [-0.1, -0.05) is 49.4 Å². The third kappa shape index (κ3) is 6.67. The van der Waals surface area contributed by atoms with E-state index < -0.39 is 5.60 Å². The molecular weight excluding hydrogens is 396 g/mol. The summed E-state index contributed by atoms with van der Waals surface area (Å²) in [6.07, 6.45) is 11.4. The molecule has 1 heterocycles. The van der Waals surface area contributed by atoms with Crippen molar-refractivity contribution in [1.82, 2.24) is 4.90 Å². The zero-order valence-electron chi connectivity index (χ0n) is 18.7. The predicted molar refractivity (Wildman–Crippen MR) is 125 cm³/mol. The van der Waals surface area contributed by atoms with Gasteiger partial charge in [-0.25, -0.2) is 0 Å². The van der Waals surface area contributed by atoms with Crippen LogP contribution in [-0.4, -0.2) is 49.4 Å². The zero-order valence-corrected chi connectivity index (χ0v) is 19.5. The Morgan fingerprint density at radius 1 is 1.23 bits per heavy atom. The lowest BCUT2D eigenvalue weighted by Gasteiger charge is -2.43. The Bertz CT molecular complexity index is 637. The molecule has 0 amide bonds. The summed E-state index contributed by atoms with van der Waals surface area (Å²) in [7, 11) is 1.73. The SMILES string of the molecule is COCCCC[C@@](O)(c1cccc(Cl)c1)[C@@H]1CCCN(C[C@@H](N)CC2CCCC2)C1. The van der Waals surface area contributed by atoms with Gasteiger partial charge in [0.1, 0.15) is 0 Å². The molecule has 0 bridgehead atoms. The highest BCUT2D eigenvalue weighted by atomic mass is 35.5. The maximum atomic E-state index is 12.0. The second-order valence-corrected chi connectivity index (χ2v) is 10.1. The third-order valence-corrected chi connectivity index (χ3v) is 7.50. The van der Waals surface area contributed by atoms with Crippen molar-refractivity contribution in [2.24, 2.45) is 17.6 Å². The number of hydrogen-bond donors (Lipinski definition) is 2. The molecule has 1 aliphatic heterocycles. The van der Waals surface area contributed by atoms with E-state index in [1.54, 1.807) is 7.11 Å². The number of hydrogen-bond acceptors (Lipinski definition) is 4. The summed E-state index contributed by atoms with van der Waals surface area (Å²) in [4.78, 5) is 2.50. The summed E-state index contributed by atoms with van der Waals surface area (Å²) in [6.45, 7) is 3.68. The number of aliphatic hydroxyl groups is 1. The normalized spacial score (nSPS) is 24.1. The maximum Gasteiger partial charge on any atom is 0.0937 e. The molecule has 2 fully saturated rings.